The molecule has 36 heavy (non-hydrogen) atoms. The number of likely N-dealkylation sites (tertiary alicyclic amines) is 1. The van der Waals surface area contributed by atoms with Crippen molar-refractivity contribution in [3.63, 3.8) is 0 Å². The molecule has 0 aliphatic carbocycles. The Kier molecular flexibility index (Phi) is 8.41. The van der Waals surface area contributed by atoms with Gasteiger partial charge in [-0.15, -0.1) is 0 Å². The highest BCUT2D eigenvalue weighted by Crippen LogP contribution is 2.46. The molecule has 3 fully saturated rings. The molecule has 9 heteroatoms. The number of rotatable bonds is 8. The molecule has 4 heterocycles. The van der Waals surface area contributed by atoms with E-state index >= 15 is 0 Å². The van der Waals surface area contributed by atoms with E-state index in [1.54, 1.807) is 0 Å². The Morgan fingerprint density at radius 3 is 2.78 bits per heavy atom. The second kappa shape index (κ2) is 11.9. The lowest BCUT2D eigenvalue weighted by atomic mass is 9.76. The molecule has 0 aromatic heterocycles. The zero-order valence-electron chi connectivity index (χ0n) is 21.0. The van der Waals surface area contributed by atoms with Crippen LogP contribution in [0.15, 0.2) is 18.2 Å². The van der Waals surface area contributed by atoms with Crippen molar-refractivity contribution in [3.8, 4) is 5.75 Å². The first-order valence-electron chi connectivity index (χ1n) is 13.6. The molecular formula is C27H39N3O6. The van der Waals surface area contributed by atoms with Crippen LogP contribution in [0.3, 0.4) is 0 Å². The maximum atomic E-state index is 13.1. The molecule has 1 aromatic rings. The summed E-state index contributed by atoms with van der Waals surface area (Å²) in [6.07, 6.45) is 5.13. The smallest absolute Gasteiger partial charge is 0.230 e. The zero-order valence-corrected chi connectivity index (χ0v) is 21.0. The van der Waals surface area contributed by atoms with E-state index in [0.29, 0.717) is 31.9 Å². The SMILES string of the molecule is O=C(C[C@H]1C[C@@H]2c3cc(ccc3OC3CCOCC3)NC(=O)[C@@H]2[C@@H](CO)O1)NCCN1CCCCC1. The fourth-order valence-electron chi connectivity index (χ4n) is 6.07. The van der Waals surface area contributed by atoms with E-state index in [2.05, 4.69) is 15.5 Å². The molecule has 5 rings (SSSR count). The number of benzene rings is 1. The van der Waals surface area contributed by atoms with Gasteiger partial charge in [-0.1, -0.05) is 6.42 Å². The van der Waals surface area contributed by atoms with Crippen LogP contribution in [0.1, 0.15) is 56.4 Å². The molecule has 2 amide bonds. The summed E-state index contributed by atoms with van der Waals surface area (Å²) >= 11 is 0. The van der Waals surface area contributed by atoms with Gasteiger partial charge in [0.15, 0.2) is 0 Å². The number of nitrogens with one attached hydrogen (secondary N) is 2. The highest BCUT2D eigenvalue weighted by Gasteiger charge is 2.46. The third kappa shape index (κ3) is 6.02. The van der Waals surface area contributed by atoms with Crippen LogP contribution in [-0.2, 0) is 19.1 Å². The van der Waals surface area contributed by atoms with Crippen molar-refractivity contribution >= 4 is 17.5 Å². The average Bonchev–Trinajstić information content (AvgIpc) is 3.00. The molecule has 9 nitrogen and oxygen atoms in total. The Hall–Kier alpha value is -2.20. The Morgan fingerprint density at radius 2 is 2.00 bits per heavy atom. The van der Waals surface area contributed by atoms with Gasteiger partial charge in [-0.05, 0) is 50.6 Å². The van der Waals surface area contributed by atoms with Crippen LogP contribution in [0.25, 0.3) is 0 Å². The number of anilines is 1. The van der Waals surface area contributed by atoms with E-state index in [-0.39, 0.29) is 43.0 Å². The molecule has 4 atom stereocenters. The van der Waals surface area contributed by atoms with E-state index in [4.69, 9.17) is 14.2 Å². The van der Waals surface area contributed by atoms with Crippen molar-refractivity contribution < 1.29 is 28.9 Å². The summed E-state index contributed by atoms with van der Waals surface area (Å²) in [6, 6.07) is 5.76. The van der Waals surface area contributed by atoms with Crippen LogP contribution < -0.4 is 15.4 Å². The van der Waals surface area contributed by atoms with Gasteiger partial charge in [0.1, 0.15) is 11.9 Å². The Morgan fingerprint density at radius 1 is 1.19 bits per heavy atom. The molecule has 198 valence electrons. The molecule has 0 unspecified atom stereocenters. The number of fused-ring (bicyclic) bond motifs is 4. The first-order chi connectivity index (χ1) is 17.6. The largest absolute Gasteiger partial charge is 0.490 e. The molecule has 0 radical (unpaired) electrons. The van der Waals surface area contributed by atoms with Crippen LogP contribution in [0, 0.1) is 5.92 Å². The number of piperidine rings is 1. The highest BCUT2D eigenvalue weighted by molar-refractivity contribution is 5.95. The van der Waals surface area contributed by atoms with E-state index < -0.39 is 12.0 Å². The molecule has 1 aromatic carbocycles. The Balaban J connectivity index is 1.27. The van der Waals surface area contributed by atoms with Crippen molar-refractivity contribution in [2.45, 2.75) is 69.2 Å². The second-order valence-electron chi connectivity index (χ2n) is 10.5. The molecular weight excluding hydrogens is 462 g/mol. The number of aliphatic hydroxyl groups excluding tert-OH is 1. The highest BCUT2D eigenvalue weighted by atomic mass is 16.5. The predicted octanol–water partition coefficient (Wildman–Crippen LogP) is 2.04. The molecule has 3 saturated heterocycles. The average molecular weight is 502 g/mol. The molecule has 4 aliphatic heterocycles. The van der Waals surface area contributed by atoms with Gasteiger partial charge < -0.3 is 34.9 Å². The summed E-state index contributed by atoms with van der Waals surface area (Å²) in [7, 11) is 0. The van der Waals surface area contributed by atoms with Crippen LogP contribution in [0.2, 0.25) is 0 Å². The van der Waals surface area contributed by atoms with Crippen molar-refractivity contribution in [2.24, 2.45) is 5.92 Å². The van der Waals surface area contributed by atoms with Gasteiger partial charge in [-0.2, -0.15) is 0 Å². The number of hydrogen-bond acceptors (Lipinski definition) is 7. The lowest BCUT2D eigenvalue weighted by Gasteiger charge is -2.40. The van der Waals surface area contributed by atoms with Gasteiger partial charge in [-0.25, -0.2) is 0 Å². The summed E-state index contributed by atoms with van der Waals surface area (Å²) in [5.74, 6) is -0.218. The molecule has 4 aliphatic rings. The van der Waals surface area contributed by atoms with Gasteiger partial charge in [0.05, 0.1) is 44.4 Å². The predicted molar refractivity (Wildman–Crippen MR) is 134 cm³/mol. The summed E-state index contributed by atoms with van der Waals surface area (Å²) < 4.78 is 18.0. The number of aliphatic hydroxyl groups is 1. The molecule has 0 spiro atoms. The number of nitrogens with zero attached hydrogens (tertiary/aromatic N) is 1. The minimum absolute atomic E-state index is 0.0577. The van der Waals surface area contributed by atoms with E-state index in [1.165, 1.54) is 19.3 Å². The monoisotopic (exact) mass is 501 g/mol. The standard InChI is InChI=1S/C27H39N3O6/c31-17-24-26-22(15-20(36-24)16-25(32)28-8-11-30-9-2-1-3-10-30)21-14-18(29-27(26)33)4-5-23(21)35-19-6-12-34-13-7-19/h4-5,14,19-20,22,24,26,31H,1-3,6-13,15-17H2,(H,28,32)(H,29,33)/t20-,22-,24-,26+/m1/s1. The Bertz CT molecular complexity index is 915. The lowest BCUT2D eigenvalue weighted by molar-refractivity contribution is -0.148. The van der Waals surface area contributed by atoms with Crippen molar-refractivity contribution in [3.05, 3.63) is 23.8 Å². The summed E-state index contributed by atoms with van der Waals surface area (Å²) in [5.41, 5.74) is 1.66. The van der Waals surface area contributed by atoms with Gasteiger partial charge in [-0.3, -0.25) is 9.59 Å². The van der Waals surface area contributed by atoms with Crippen LogP contribution in [-0.4, -0.2) is 86.1 Å². The zero-order chi connectivity index (χ0) is 24.9. The van der Waals surface area contributed by atoms with E-state index in [9.17, 15) is 14.7 Å². The summed E-state index contributed by atoms with van der Waals surface area (Å²) in [4.78, 5) is 28.3. The number of carbonyl (C=O) groups is 2. The van der Waals surface area contributed by atoms with E-state index in [1.807, 2.05) is 18.2 Å². The normalized spacial score (nSPS) is 29.1. The first-order valence-corrected chi connectivity index (χ1v) is 13.6. The summed E-state index contributed by atoms with van der Waals surface area (Å²) in [5, 5.41) is 16.1. The third-order valence-corrected chi connectivity index (χ3v) is 7.95. The van der Waals surface area contributed by atoms with E-state index in [0.717, 1.165) is 43.8 Å². The number of carbonyl (C=O) groups excluding carboxylic acids is 2. The topological polar surface area (TPSA) is 109 Å². The minimum atomic E-state index is -0.680. The summed E-state index contributed by atoms with van der Waals surface area (Å²) in [6.45, 7) is 4.76. The number of amides is 2. The third-order valence-electron chi connectivity index (χ3n) is 7.95. The maximum Gasteiger partial charge on any atom is 0.230 e. The first kappa shape index (κ1) is 25.4. The maximum absolute atomic E-state index is 13.1. The molecule has 2 bridgehead atoms. The Labute approximate surface area is 212 Å². The van der Waals surface area contributed by atoms with Crippen molar-refractivity contribution in [1.29, 1.82) is 0 Å². The van der Waals surface area contributed by atoms with Gasteiger partial charge in [0.2, 0.25) is 11.8 Å². The quantitative estimate of drug-likeness (QED) is 0.500. The van der Waals surface area contributed by atoms with Crippen molar-refractivity contribution in [2.75, 3.05) is 51.3 Å². The van der Waals surface area contributed by atoms with Crippen LogP contribution in [0.4, 0.5) is 5.69 Å². The van der Waals surface area contributed by atoms with Gasteiger partial charge in [0, 0.05) is 43.1 Å². The lowest BCUT2D eigenvalue weighted by Crippen LogP contribution is -2.48. The minimum Gasteiger partial charge on any atom is -0.490 e. The second-order valence-corrected chi connectivity index (χ2v) is 10.5. The fourth-order valence-corrected chi connectivity index (χ4v) is 6.07. The van der Waals surface area contributed by atoms with Crippen LogP contribution in [0.5, 0.6) is 5.75 Å². The van der Waals surface area contributed by atoms with Crippen molar-refractivity contribution in [1.82, 2.24) is 10.2 Å². The molecule has 3 N–H and O–H groups in total. The fraction of sp³-hybridized carbons (Fsp3) is 0.704. The number of ether oxygens (including phenoxy) is 3. The van der Waals surface area contributed by atoms with Gasteiger partial charge in [0.25, 0.3) is 0 Å². The van der Waals surface area contributed by atoms with Crippen LogP contribution >= 0.6 is 0 Å². The molecule has 0 saturated carbocycles. The number of hydrogen-bond donors (Lipinski definition) is 3. The van der Waals surface area contributed by atoms with Gasteiger partial charge >= 0.3 is 0 Å².